The maximum Gasteiger partial charge on any atom is 0.416 e. The third-order valence-corrected chi connectivity index (χ3v) is 7.22. The van der Waals surface area contributed by atoms with Crippen molar-refractivity contribution < 1.29 is 22.1 Å². The normalized spacial score (nSPS) is 19.2. The van der Waals surface area contributed by atoms with Gasteiger partial charge in [-0.2, -0.15) is 13.2 Å². The first kappa shape index (κ1) is 22.2. The summed E-state index contributed by atoms with van der Waals surface area (Å²) in [6, 6.07) is 13.1. The van der Waals surface area contributed by atoms with Crippen LogP contribution in [0.4, 0.5) is 13.2 Å². The van der Waals surface area contributed by atoms with Gasteiger partial charge in [0.1, 0.15) is 0 Å². The van der Waals surface area contributed by atoms with E-state index in [1.54, 1.807) is 19.2 Å². The van der Waals surface area contributed by atoms with Crippen LogP contribution in [-0.2, 0) is 15.1 Å². The summed E-state index contributed by atoms with van der Waals surface area (Å²) in [5, 5.41) is 3.27. The van der Waals surface area contributed by atoms with Crippen LogP contribution >= 0.6 is 12.0 Å². The predicted octanol–water partition coefficient (Wildman–Crippen LogP) is 4.82. The lowest BCUT2D eigenvalue weighted by molar-refractivity contribution is -0.137. The number of benzene rings is 2. The summed E-state index contributed by atoms with van der Waals surface area (Å²) in [7, 11) is 1.66. The van der Waals surface area contributed by atoms with E-state index in [0.29, 0.717) is 18.7 Å². The number of carbonyl (C=O) groups is 1. The number of amides is 1. The Morgan fingerprint density at radius 3 is 2.16 bits per heavy atom. The molecule has 0 unspecified atom stereocenters. The van der Waals surface area contributed by atoms with Crippen molar-refractivity contribution in [3.05, 3.63) is 70.8 Å². The lowest BCUT2D eigenvalue weighted by Crippen LogP contribution is -2.54. The second-order valence-electron chi connectivity index (χ2n) is 8.11. The molecule has 2 aromatic rings. The van der Waals surface area contributed by atoms with Crippen LogP contribution in [0.5, 0.6) is 0 Å². The van der Waals surface area contributed by atoms with Crippen molar-refractivity contribution in [2.45, 2.75) is 29.7 Å². The maximum atomic E-state index is 12.9. The fraction of sp³-hybridized carbons (Fsp3) is 0.435. The van der Waals surface area contributed by atoms with Gasteiger partial charge in [-0.1, -0.05) is 24.3 Å². The summed E-state index contributed by atoms with van der Waals surface area (Å²) in [4.78, 5) is 14.8. The minimum absolute atomic E-state index is 0.00222. The fourth-order valence-corrected chi connectivity index (χ4v) is 5.16. The number of alkyl halides is 3. The summed E-state index contributed by atoms with van der Waals surface area (Å²) >= 11 is 1.44. The van der Waals surface area contributed by atoms with Crippen molar-refractivity contribution in [2.24, 2.45) is 0 Å². The number of carbonyl (C=O) groups excluding carboxylic acids is 1. The van der Waals surface area contributed by atoms with Crippen LogP contribution < -0.4 is 5.32 Å². The Labute approximate surface area is 184 Å². The Balaban J connectivity index is 1.36. The molecule has 2 aliphatic heterocycles. The molecule has 31 heavy (non-hydrogen) atoms. The first-order valence-corrected chi connectivity index (χ1v) is 11.1. The highest BCUT2D eigenvalue weighted by Gasteiger charge is 2.40. The van der Waals surface area contributed by atoms with Crippen molar-refractivity contribution in [3.63, 3.8) is 0 Å². The van der Waals surface area contributed by atoms with Crippen LogP contribution in [0.1, 0.15) is 45.8 Å². The van der Waals surface area contributed by atoms with Gasteiger partial charge < -0.3 is 14.4 Å². The lowest BCUT2D eigenvalue weighted by atomic mass is 9.88. The molecule has 0 spiro atoms. The topological polar surface area (TPSA) is 41.6 Å². The Morgan fingerprint density at radius 1 is 1.06 bits per heavy atom. The highest BCUT2D eigenvalue weighted by atomic mass is 32.2. The van der Waals surface area contributed by atoms with E-state index in [0.717, 1.165) is 49.2 Å². The van der Waals surface area contributed by atoms with Crippen LogP contribution in [0.25, 0.3) is 0 Å². The number of rotatable bonds is 5. The van der Waals surface area contributed by atoms with Crippen LogP contribution in [0.15, 0.2) is 48.5 Å². The quantitative estimate of drug-likeness (QED) is 0.664. The zero-order valence-electron chi connectivity index (χ0n) is 17.2. The molecule has 1 amide bonds. The summed E-state index contributed by atoms with van der Waals surface area (Å²) in [5.41, 5.74) is 2.06. The Kier molecular flexibility index (Phi) is 6.32. The minimum Gasteiger partial charge on any atom is -0.339 e. The van der Waals surface area contributed by atoms with E-state index in [1.807, 2.05) is 29.2 Å². The van der Waals surface area contributed by atoms with E-state index in [9.17, 15) is 18.0 Å². The summed E-state index contributed by atoms with van der Waals surface area (Å²) in [6.07, 6.45) is -2.83. The largest absolute Gasteiger partial charge is 0.416 e. The van der Waals surface area contributed by atoms with Gasteiger partial charge in [-0.25, -0.2) is 0 Å². The van der Waals surface area contributed by atoms with Gasteiger partial charge in [-0.3, -0.25) is 4.79 Å². The van der Waals surface area contributed by atoms with Crippen molar-refractivity contribution in [1.29, 1.82) is 0 Å². The molecule has 166 valence electrons. The third-order valence-electron chi connectivity index (χ3n) is 6.21. The molecule has 2 aliphatic rings. The number of hydrogen-bond acceptors (Lipinski definition) is 4. The van der Waals surface area contributed by atoms with Crippen molar-refractivity contribution in [1.82, 2.24) is 10.2 Å². The van der Waals surface area contributed by atoms with Gasteiger partial charge in [0.25, 0.3) is 5.91 Å². The predicted molar refractivity (Wildman–Crippen MR) is 115 cm³/mol. The Bertz CT molecular complexity index is 904. The Hall–Kier alpha value is -2.03. The molecule has 8 heteroatoms. The van der Waals surface area contributed by atoms with E-state index in [2.05, 4.69) is 5.32 Å². The van der Waals surface area contributed by atoms with Gasteiger partial charge in [0, 0.05) is 43.8 Å². The molecule has 0 aliphatic carbocycles. The van der Waals surface area contributed by atoms with Crippen molar-refractivity contribution in [2.75, 3.05) is 33.3 Å². The van der Waals surface area contributed by atoms with Crippen molar-refractivity contribution in [3.8, 4) is 0 Å². The van der Waals surface area contributed by atoms with Gasteiger partial charge >= 0.3 is 6.18 Å². The molecule has 2 aromatic carbocycles. The molecule has 1 N–H and O–H groups in total. The van der Waals surface area contributed by atoms with E-state index >= 15 is 0 Å². The molecule has 0 bridgehead atoms. The van der Waals surface area contributed by atoms with Crippen LogP contribution in [0.3, 0.4) is 0 Å². The summed E-state index contributed by atoms with van der Waals surface area (Å²) < 4.78 is 43.5. The Morgan fingerprint density at radius 2 is 1.68 bits per heavy atom. The SMILES string of the molecule is COSC1(c2ccc(C(=O)N3CCC(c4ccc(C(F)(F)F)cc4)CC3)cc2)CNC1. The molecule has 0 atom stereocenters. The van der Waals surface area contributed by atoms with Gasteiger partial charge in [-0.05, 0) is 54.2 Å². The highest BCUT2D eigenvalue weighted by Crippen LogP contribution is 2.40. The summed E-state index contributed by atoms with van der Waals surface area (Å²) in [5.74, 6) is 0.170. The number of hydrogen-bond donors (Lipinski definition) is 1. The zero-order valence-corrected chi connectivity index (χ0v) is 18.1. The lowest BCUT2D eigenvalue weighted by Gasteiger charge is -2.41. The molecule has 2 heterocycles. The van der Waals surface area contributed by atoms with E-state index < -0.39 is 11.7 Å². The van der Waals surface area contributed by atoms with Crippen LogP contribution in [-0.4, -0.2) is 44.1 Å². The number of nitrogens with zero attached hydrogens (tertiary/aromatic N) is 1. The van der Waals surface area contributed by atoms with E-state index in [4.69, 9.17) is 4.18 Å². The molecule has 4 rings (SSSR count). The number of likely N-dealkylation sites (tertiary alicyclic amines) is 1. The maximum absolute atomic E-state index is 12.9. The van der Waals surface area contributed by atoms with Crippen molar-refractivity contribution >= 4 is 17.9 Å². The molecular formula is C23H25F3N2O2S. The number of nitrogens with one attached hydrogen (secondary N) is 1. The molecule has 0 radical (unpaired) electrons. The molecule has 2 fully saturated rings. The summed E-state index contributed by atoms with van der Waals surface area (Å²) in [6.45, 7) is 2.85. The molecule has 0 saturated carbocycles. The highest BCUT2D eigenvalue weighted by molar-refractivity contribution is 7.95. The zero-order chi connectivity index (χ0) is 22.1. The number of halogens is 3. The monoisotopic (exact) mass is 450 g/mol. The first-order valence-electron chi connectivity index (χ1n) is 10.3. The van der Waals surface area contributed by atoms with Gasteiger partial charge in [0.15, 0.2) is 0 Å². The van der Waals surface area contributed by atoms with Crippen LogP contribution in [0.2, 0.25) is 0 Å². The van der Waals surface area contributed by atoms with Gasteiger partial charge in [0.05, 0.1) is 17.4 Å². The molecule has 0 aromatic heterocycles. The fourth-order valence-electron chi connectivity index (χ4n) is 4.28. The molecule has 2 saturated heterocycles. The van der Waals surface area contributed by atoms with Gasteiger partial charge in [-0.15, -0.1) is 0 Å². The minimum atomic E-state index is -4.32. The second-order valence-corrected chi connectivity index (χ2v) is 9.39. The van der Waals surface area contributed by atoms with E-state index in [-0.39, 0.29) is 16.6 Å². The second kappa shape index (κ2) is 8.84. The molecular weight excluding hydrogens is 425 g/mol. The van der Waals surface area contributed by atoms with Crippen LogP contribution in [0, 0.1) is 0 Å². The first-order chi connectivity index (χ1) is 14.8. The average molecular weight is 451 g/mol. The van der Waals surface area contributed by atoms with E-state index in [1.165, 1.54) is 12.0 Å². The molecule has 4 nitrogen and oxygen atoms in total. The third kappa shape index (κ3) is 4.61. The number of piperidine rings is 1. The average Bonchev–Trinajstić information content (AvgIpc) is 2.75. The standard InChI is InChI=1S/C23H25F3N2O2S/c1-30-31-22(14-27-15-22)19-6-4-18(5-7-19)21(29)28-12-10-17(11-13-28)16-2-8-20(9-3-16)23(24,25)26/h2-9,17,27H,10-15H2,1H3. The smallest absolute Gasteiger partial charge is 0.339 e. The van der Waals surface area contributed by atoms with Gasteiger partial charge in [0.2, 0.25) is 0 Å².